The number of hydrogen-bond acceptors (Lipinski definition) is 6. The minimum atomic E-state index is 0.688. The molecule has 0 aliphatic heterocycles. The lowest BCUT2D eigenvalue weighted by molar-refractivity contribution is 0.139. The summed E-state index contributed by atoms with van der Waals surface area (Å²) in [5.74, 6) is 0.778. The number of nitrogens with one attached hydrogen (secondary N) is 2. The van der Waals surface area contributed by atoms with E-state index >= 15 is 0 Å². The summed E-state index contributed by atoms with van der Waals surface area (Å²) >= 11 is 1.66. The highest BCUT2D eigenvalue weighted by Crippen LogP contribution is 2.24. The first-order chi connectivity index (χ1) is 12.1. The molecule has 0 bridgehead atoms. The molecule has 6 heteroatoms. The van der Waals surface area contributed by atoms with Gasteiger partial charge in [0.05, 0.1) is 12.3 Å². The molecule has 140 valence electrons. The molecule has 0 saturated heterocycles. The first-order valence-electron chi connectivity index (χ1n) is 8.37. The van der Waals surface area contributed by atoms with Gasteiger partial charge in [-0.3, -0.25) is 9.98 Å². The second-order valence-corrected chi connectivity index (χ2v) is 6.15. The molecular weight excluding hydrogens is 332 g/mol. The molecule has 0 amide bonds. The molecule has 0 spiro atoms. The molecule has 25 heavy (non-hydrogen) atoms. The standard InChI is InChI=1S/C19H32N4OS/c1-7-10-24-11-9-23-14-17(13-20-4)16(3)12-19(25-15-21-5)18(8-2)22-6/h8,12-14,21,23H,2,6-7,9-11,15H2,1,3-5H3/b16-12+,17-14?,19-18-,20-13?. The molecule has 0 fully saturated rings. The zero-order valence-electron chi connectivity index (χ0n) is 16.0. The predicted octanol–water partition coefficient (Wildman–Crippen LogP) is 3.54. The Bertz CT molecular complexity index is 512. The molecule has 0 rings (SSSR count). The first kappa shape index (κ1) is 23.4. The third-order valence-electron chi connectivity index (χ3n) is 3.06. The maximum absolute atomic E-state index is 5.47. The Morgan fingerprint density at radius 3 is 2.64 bits per heavy atom. The predicted molar refractivity (Wildman–Crippen MR) is 114 cm³/mol. The van der Waals surface area contributed by atoms with Crippen LogP contribution >= 0.6 is 11.8 Å². The Hall–Kier alpha value is -1.63. The van der Waals surface area contributed by atoms with Crippen LogP contribution < -0.4 is 10.6 Å². The number of aliphatic imine (C=N–C) groups is 2. The number of hydrogen-bond donors (Lipinski definition) is 2. The Kier molecular flexibility index (Phi) is 14.8. The van der Waals surface area contributed by atoms with Crippen molar-refractivity contribution >= 4 is 24.7 Å². The van der Waals surface area contributed by atoms with Crippen LogP contribution in [0.2, 0.25) is 0 Å². The van der Waals surface area contributed by atoms with Gasteiger partial charge in [-0.1, -0.05) is 13.5 Å². The number of rotatable bonds is 14. The molecule has 0 atom stereocenters. The molecule has 0 aromatic carbocycles. The summed E-state index contributed by atoms with van der Waals surface area (Å²) in [7, 11) is 3.67. The first-order valence-corrected chi connectivity index (χ1v) is 9.36. The van der Waals surface area contributed by atoms with Crippen molar-refractivity contribution < 1.29 is 4.74 Å². The zero-order chi connectivity index (χ0) is 18.9. The van der Waals surface area contributed by atoms with Gasteiger partial charge in [0.15, 0.2) is 0 Å². The van der Waals surface area contributed by atoms with E-state index in [-0.39, 0.29) is 0 Å². The quantitative estimate of drug-likeness (QED) is 0.214. The summed E-state index contributed by atoms with van der Waals surface area (Å²) in [4.78, 5) is 9.21. The Morgan fingerprint density at radius 1 is 1.32 bits per heavy atom. The van der Waals surface area contributed by atoms with Gasteiger partial charge in [0.25, 0.3) is 0 Å². The van der Waals surface area contributed by atoms with Crippen molar-refractivity contribution in [2.75, 3.05) is 39.7 Å². The second kappa shape index (κ2) is 15.9. The van der Waals surface area contributed by atoms with E-state index < -0.39 is 0 Å². The minimum Gasteiger partial charge on any atom is -0.388 e. The number of allylic oxidation sites excluding steroid dienone is 4. The highest BCUT2D eigenvalue weighted by molar-refractivity contribution is 8.03. The van der Waals surface area contributed by atoms with Gasteiger partial charge in [-0.2, -0.15) is 0 Å². The number of thioether (sulfide) groups is 1. The van der Waals surface area contributed by atoms with Gasteiger partial charge < -0.3 is 15.4 Å². The number of ether oxygens (including phenoxy) is 1. The molecular formula is C19H32N4OS. The van der Waals surface area contributed by atoms with E-state index in [0.717, 1.165) is 47.2 Å². The molecule has 2 N–H and O–H groups in total. The van der Waals surface area contributed by atoms with Crippen molar-refractivity contribution in [1.82, 2.24) is 10.6 Å². The highest BCUT2D eigenvalue weighted by atomic mass is 32.2. The van der Waals surface area contributed by atoms with Crippen LogP contribution in [-0.2, 0) is 4.74 Å². The van der Waals surface area contributed by atoms with Gasteiger partial charge in [0.1, 0.15) is 0 Å². The molecule has 0 aromatic rings. The molecule has 0 aliphatic carbocycles. The van der Waals surface area contributed by atoms with E-state index in [0.29, 0.717) is 6.61 Å². The van der Waals surface area contributed by atoms with Crippen LogP contribution in [0, 0.1) is 0 Å². The van der Waals surface area contributed by atoms with Crippen molar-refractivity contribution in [3.63, 3.8) is 0 Å². The molecule has 5 nitrogen and oxygen atoms in total. The minimum absolute atomic E-state index is 0.688. The Morgan fingerprint density at radius 2 is 2.08 bits per heavy atom. The van der Waals surface area contributed by atoms with E-state index in [9.17, 15) is 0 Å². The average Bonchev–Trinajstić information content (AvgIpc) is 2.62. The SMILES string of the molecule is C=C/C(N=C)=C(\C=C(/C)C(C=NC)=CNCCOCCC)SCNC. The number of nitrogens with zero attached hydrogens (tertiary/aromatic N) is 2. The van der Waals surface area contributed by atoms with Crippen molar-refractivity contribution in [3.8, 4) is 0 Å². The van der Waals surface area contributed by atoms with Crippen LogP contribution in [-0.4, -0.2) is 52.7 Å². The van der Waals surface area contributed by atoms with Gasteiger partial charge in [-0.25, -0.2) is 0 Å². The summed E-state index contributed by atoms with van der Waals surface area (Å²) in [5.41, 5.74) is 2.86. The average molecular weight is 365 g/mol. The van der Waals surface area contributed by atoms with Gasteiger partial charge >= 0.3 is 0 Å². The zero-order valence-corrected chi connectivity index (χ0v) is 16.8. The smallest absolute Gasteiger partial charge is 0.0752 e. The topological polar surface area (TPSA) is 58.0 Å². The fourth-order valence-corrected chi connectivity index (χ4v) is 2.67. The highest BCUT2D eigenvalue weighted by Gasteiger charge is 2.04. The summed E-state index contributed by atoms with van der Waals surface area (Å²) in [6.45, 7) is 13.8. The van der Waals surface area contributed by atoms with Gasteiger partial charge in [0.2, 0.25) is 0 Å². The van der Waals surface area contributed by atoms with Gasteiger partial charge in [-0.15, -0.1) is 11.8 Å². The van der Waals surface area contributed by atoms with Crippen LogP contribution in [0.15, 0.2) is 56.7 Å². The van der Waals surface area contributed by atoms with E-state index in [1.165, 1.54) is 0 Å². The molecule has 0 aliphatic rings. The largest absolute Gasteiger partial charge is 0.388 e. The summed E-state index contributed by atoms with van der Waals surface area (Å²) < 4.78 is 5.47. The lowest BCUT2D eigenvalue weighted by atomic mass is 10.1. The molecule has 0 radical (unpaired) electrons. The maximum atomic E-state index is 5.47. The van der Waals surface area contributed by atoms with Crippen molar-refractivity contribution in [2.24, 2.45) is 9.98 Å². The third-order valence-corrected chi connectivity index (χ3v) is 4.13. The van der Waals surface area contributed by atoms with Crippen LogP contribution in [0.3, 0.4) is 0 Å². The normalized spacial score (nSPS) is 13.8. The summed E-state index contributed by atoms with van der Waals surface area (Å²) in [6, 6.07) is 0. The third kappa shape index (κ3) is 10.8. The van der Waals surface area contributed by atoms with Crippen molar-refractivity contribution in [2.45, 2.75) is 20.3 Å². The van der Waals surface area contributed by atoms with Crippen LogP contribution in [0.5, 0.6) is 0 Å². The lowest BCUT2D eigenvalue weighted by Crippen LogP contribution is -2.15. The molecule has 0 saturated carbocycles. The Balaban J connectivity index is 5.21. The van der Waals surface area contributed by atoms with Crippen LogP contribution in [0.1, 0.15) is 20.3 Å². The second-order valence-electron chi connectivity index (χ2n) is 5.13. The van der Waals surface area contributed by atoms with E-state index in [2.05, 4.69) is 46.9 Å². The summed E-state index contributed by atoms with van der Waals surface area (Å²) in [6.07, 6.45) is 8.63. The molecule has 0 aromatic heterocycles. The van der Waals surface area contributed by atoms with E-state index in [4.69, 9.17) is 4.74 Å². The fourth-order valence-electron chi connectivity index (χ4n) is 1.81. The van der Waals surface area contributed by atoms with Crippen LogP contribution in [0.25, 0.3) is 0 Å². The van der Waals surface area contributed by atoms with Gasteiger partial charge in [-0.05, 0) is 44.8 Å². The van der Waals surface area contributed by atoms with Crippen LogP contribution in [0.4, 0.5) is 0 Å². The Labute approximate surface area is 157 Å². The van der Waals surface area contributed by atoms with E-state index in [1.807, 2.05) is 26.4 Å². The van der Waals surface area contributed by atoms with E-state index in [1.54, 1.807) is 24.9 Å². The maximum Gasteiger partial charge on any atom is 0.0752 e. The lowest BCUT2D eigenvalue weighted by Gasteiger charge is -2.09. The molecule has 0 heterocycles. The van der Waals surface area contributed by atoms with Crippen molar-refractivity contribution in [3.05, 3.63) is 46.7 Å². The monoisotopic (exact) mass is 364 g/mol. The van der Waals surface area contributed by atoms with Crippen molar-refractivity contribution in [1.29, 1.82) is 0 Å². The fraction of sp³-hybridized carbons (Fsp3) is 0.474. The summed E-state index contributed by atoms with van der Waals surface area (Å²) in [5, 5.41) is 6.40. The van der Waals surface area contributed by atoms with Gasteiger partial charge in [0, 0.05) is 49.0 Å². The molecule has 0 unspecified atom stereocenters.